The topological polar surface area (TPSA) is 109 Å². The van der Waals surface area contributed by atoms with Gasteiger partial charge in [-0.15, -0.1) is 0 Å². The minimum Gasteiger partial charge on any atom is -0.506 e. The van der Waals surface area contributed by atoms with Gasteiger partial charge in [-0.1, -0.05) is 6.07 Å². The number of rotatable bonds is 2. The van der Waals surface area contributed by atoms with Crippen LogP contribution < -0.4 is 14.9 Å². The predicted molar refractivity (Wildman–Crippen MR) is 119 cm³/mol. The number of aliphatic hydroxyl groups excluding tert-OH is 1. The minimum absolute atomic E-state index is 0.0564. The molecular weight excluding hydrogens is 412 g/mol. The fraction of sp³-hybridized carbons (Fsp3) is 0.320. The van der Waals surface area contributed by atoms with Gasteiger partial charge in [0.2, 0.25) is 5.43 Å². The fourth-order valence-electron chi connectivity index (χ4n) is 4.26. The lowest BCUT2D eigenvalue weighted by Crippen LogP contribution is -2.41. The molecule has 5 rings (SSSR count). The number of fused-ring (bicyclic) bond motifs is 3. The van der Waals surface area contributed by atoms with Crippen molar-refractivity contribution in [3.8, 4) is 28.4 Å². The highest BCUT2D eigenvalue weighted by atomic mass is 16.5. The molecule has 2 aromatic carbocycles. The Hall–Kier alpha value is -3.29. The summed E-state index contributed by atoms with van der Waals surface area (Å²) in [5.74, 6) is 0.681. The number of phenols is 1. The van der Waals surface area contributed by atoms with Crippen LogP contribution in [0.2, 0.25) is 0 Å². The van der Waals surface area contributed by atoms with Crippen molar-refractivity contribution in [2.45, 2.75) is 51.1 Å². The van der Waals surface area contributed by atoms with Crippen molar-refractivity contribution >= 4 is 17.0 Å². The van der Waals surface area contributed by atoms with E-state index in [4.69, 9.17) is 13.9 Å². The third kappa shape index (κ3) is 3.08. The average molecular weight is 436 g/mol. The van der Waals surface area contributed by atoms with Crippen molar-refractivity contribution in [1.82, 2.24) is 0 Å². The van der Waals surface area contributed by atoms with Gasteiger partial charge in [0.05, 0.1) is 16.7 Å². The Balaban J connectivity index is 1.63. The van der Waals surface area contributed by atoms with Crippen molar-refractivity contribution in [1.29, 1.82) is 0 Å². The molecule has 1 aromatic heterocycles. The summed E-state index contributed by atoms with van der Waals surface area (Å²) in [5, 5.41) is 31.9. The van der Waals surface area contributed by atoms with Gasteiger partial charge in [-0.25, -0.2) is 0 Å². The smallest absolute Gasteiger partial charge is 0.204 e. The summed E-state index contributed by atoms with van der Waals surface area (Å²) in [6.45, 7) is 6.91. The van der Waals surface area contributed by atoms with Gasteiger partial charge in [0, 0.05) is 11.6 Å². The van der Waals surface area contributed by atoms with Crippen LogP contribution in [0, 0.1) is 0 Å². The van der Waals surface area contributed by atoms with E-state index >= 15 is 0 Å². The molecule has 2 aliphatic rings. The summed E-state index contributed by atoms with van der Waals surface area (Å²) < 4.78 is 17.3. The zero-order chi connectivity index (χ0) is 23.0. The molecule has 0 saturated carbocycles. The molecular formula is C25H24O7. The maximum atomic E-state index is 13.3. The van der Waals surface area contributed by atoms with E-state index in [0.717, 1.165) is 0 Å². The molecule has 0 bridgehead atoms. The Morgan fingerprint density at radius 2 is 1.88 bits per heavy atom. The Kier molecular flexibility index (Phi) is 4.25. The lowest BCUT2D eigenvalue weighted by atomic mass is 9.93. The molecule has 7 heteroatoms. The maximum Gasteiger partial charge on any atom is 0.204 e. The van der Waals surface area contributed by atoms with E-state index in [9.17, 15) is 20.1 Å². The number of ether oxygens (including phenoxy) is 2. The number of aliphatic hydroxyl groups is 2. The Labute approximate surface area is 184 Å². The number of phenolic OH excluding ortho intramolecular Hbond substituents is 1. The van der Waals surface area contributed by atoms with Crippen LogP contribution in [0.15, 0.2) is 45.8 Å². The van der Waals surface area contributed by atoms with Gasteiger partial charge in [-0.05, 0) is 57.5 Å². The standard InChI is InChI=1S/C25H24O7/c1-24(2)8-7-13-17(32-24)10-18-19(20(13)26)21(27)15(11-30-18)12-5-6-16-14(9-12)22(28)23(31-16)25(3,4)29/h5-11,22-23,26,28-29H,1-4H3. The first-order valence-electron chi connectivity index (χ1n) is 10.4. The van der Waals surface area contributed by atoms with Gasteiger partial charge in [-0.2, -0.15) is 0 Å². The first kappa shape index (κ1) is 20.6. The van der Waals surface area contributed by atoms with Crippen LogP contribution in [0.25, 0.3) is 28.2 Å². The molecule has 0 fully saturated rings. The molecule has 0 amide bonds. The molecule has 3 heterocycles. The zero-order valence-electron chi connectivity index (χ0n) is 18.2. The molecule has 2 unspecified atom stereocenters. The van der Waals surface area contributed by atoms with Crippen LogP contribution in [0.3, 0.4) is 0 Å². The lowest BCUT2D eigenvalue weighted by Gasteiger charge is -2.28. The van der Waals surface area contributed by atoms with E-state index in [1.165, 1.54) is 6.26 Å². The van der Waals surface area contributed by atoms with Crippen molar-refractivity contribution in [3.63, 3.8) is 0 Å². The second-order valence-electron chi connectivity index (χ2n) is 9.42. The van der Waals surface area contributed by atoms with Crippen LogP contribution in [0.5, 0.6) is 17.2 Å². The van der Waals surface area contributed by atoms with Crippen molar-refractivity contribution < 1.29 is 29.2 Å². The summed E-state index contributed by atoms with van der Waals surface area (Å²) in [4.78, 5) is 13.3. The molecule has 0 saturated heterocycles. The van der Waals surface area contributed by atoms with E-state index in [1.54, 1.807) is 44.2 Å². The van der Waals surface area contributed by atoms with Crippen molar-refractivity contribution in [2.24, 2.45) is 0 Å². The van der Waals surface area contributed by atoms with Crippen LogP contribution in [0.4, 0.5) is 0 Å². The second kappa shape index (κ2) is 6.60. The van der Waals surface area contributed by atoms with Crippen LogP contribution >= 0.6 is 0 Å². The Morgan fingerprint density at radius 1 is 1.12 bits per heavy atom. The summed E-state index contributed by atoms with van der Waals surface area (Å²) in [5.41, 5.74) is -0.351. The summed E-state index contributed by atoms with van der Waals surface area (Å²) >= 11 is 0. The van der Waals surface area contributed by atoms with Gasteiger partial charge < -0.3 is 29.2 Å². The van der Waals surface area contributed by atoms with Crippen LogP contribution in [0.1, 0.15) is 44.9 Å². The molecule has 32 heavy (non-hydrogen) atoms. The second-order valence-corrected chi connectivity index (χ2v) is 9.42. The molecule has 2 atom stereocenters. The van der Waals surface area contributed by atoms with Crippen LogP contribution in [-0.2, 0) is 0 Å². The number of aromatic hydroxyl groups is 1. The van der Waals surface area contributed by atoms with E-state index in [0.29, 0.717) is 28.2 Å². The van der Waals surface area contributed by atoms with Gasteiger partial charge in [-0.3, -0.25) is 4.79 Å². The summed E-state index contributed by atoms with van der Waals surface area (Å²) in [6.07, 6.45) is 3.00. The lowest BCUT2D eigenvalue weighted by molar-refractivity contribution is -0.0762. The van der Waals surface area contributed by atoms with E-state index in [-0.39, 0.29) is 22.3 Å². The number of benzene rings is 2. The van der Waals surface area contributed by atoms with Gasteiger partial charge in [0.1, 0.15) is 46.2 Å². The fourth-order valence-corrected chi connectivity index (χ4v) is 4.26. The highest BCUT2D eigenvalue weighted by Crippen LogP contribution is 2.43. The van der Waals surface area contributed by atoms with E-state index in [1.807, 2.05) is 19.9 Å². The predicted octanol–water partition coefficient (Wildman–Crippen LogP) is 3.92. The number of hydrogen-bond donors (Lipinski definition) is 3. The van der Waals surface area contributed by atoms with E-state index in [2.05, 4.69) is 0 Å². The molecule has 0 aliphatic carbocycles. The largest absolute Gasteiger partial charge is 0.506 e. The Bertz CT molecular complexity index is 1340. The van der Waals surface area contributed by atoms with Gasteiger partial charge >= 0.3 is 0 Å². The third-order valence-corrected chi connectivity index (χ3v) is 5.94. The number of hydrogen-bond acceptors (Lipinski definition) is 7. The van der Waals surface area contributed by atoms with Gasteiger partial charge in [0.25, 0.3) is 0 Å². The molecule has 7 nitrogen and oxygen atoms in total. The van der Waals surface area contributed by atoms with Gasteiger partial charge in [0.15, 0.2) is 6.10 Å². The third-order valence-electron chi connectivity index (χ3n) is 5.94. The zero-order valence-corrected chi connectivity index (χ0v) is 18.2. The summed E-state index contributed by atoms with van der Waals surface area (Å²) in [7, 11) is 0. The highest BCUT2D eigenvalue weighted by Gasteiger charge is 2.42. The molecule has 2 aliphatic heterocycles. The van der Waals surface area contributed by atoms with Crippen molar-refractivity contribution in [2.75, 3.05) is 0 Å². The SMILES string of the molecule is CC1(C)C=Cc2c(cc3occ(-c4ccc5c(c4)C(O)C(C(C)(C)O)O5)c(=O)c3c2O)O1. The molecule has 166 valence electrons. The monoisotopic (exact) mass is 436 g/mol. The molecule has 0 radical (unpaired) electrons. The molecule has 0 spiro atoms. The minimum atomic E-state index is -1.25. The molecule has 3 N–H and O–H groups in total. The molecule has 3 aromatic rings. The summed E-state index contributed by atoms with van der Waals surface area (Å²) in [6, 6.07) is 6.58. The highest BCUT2D eigenvalue weighted by molar-refractivity contribution is 5.93. The van der Waals surface area contributed by atoms with Crippen molar-refractivity contribution in [3.05, 3.63) is 58.0 Å². The van der Waals surface area contributed by atoms with Crippen LogP contribution in [-0.4, -0.2) is 32.6 Å². The van der Waals surface area contributed by atoms with E-state index < -0.39 is 28.8 Å². The first-order valence-corrected chi connectivity index (χ1v) is 10.4. The normalized spacial score (nSPS) is 21.1. The Morgan fingerprint density at radius 3 is 2.59 bits per heavy atom. The quantitative estimate of drug-likeness (QED) is 0.559. The maximum absolute atomic E-state index is 13.3. The average Bonchev–Trinajstić information content (AvgIpc) is 3.04. The first-order chi connectivity index (χ1) is 15.0.